The summed E-state index contributed by atoms with van der Waals surface area (Å²) in [7, 11) is 1.38. The standard InChI is InChI=1S/C21H20ClF2NO3S/c1-28-21(27)12-2-6-15(7-3-12)29-19-10-13(4-8-18(19)24)20(26)25-14-5-9-17(23)16(22)11-14/h4-5,8-12,15H,2-3,6-7H2,1H3,(H,25,26). The fourth-order valence-electron chi connectivity index (χ4n) is 3.27. The summed E-state index contributed by atoms with van der Waals surface area (Å²) in [5.74, 6) is -1.71. The van der Waals surface area contributed by atoms with Gasteiger partial charge in [-0.1, -0.05) is 11.6 Å². The zero-order chi connectivity index (χ0) is 21.0. The van der Waals surface area contributed by atoms with Gasteiger partial charge in [0.25, 0.3) is 5.91 Å². The number of esters is 1. The van der Waals surface area contributed by atoms with Crippen molar-refractivity contribution < 1.29 is 23.1 Å². The first-order valence-corrected chi connectivity index (χ1v) is 10.4. The van der Waals surface area contributed by atoms with Crippen LogP contribution in [0.3, 0.4) is 0 Å². The minimum atomic E-state index is -0.577. The zero-order valence-electron chi connectivity index (χ0n) is 15.7. The molecule has 0 heterocycles. The summed E-state index contributed by atoms with van der Waals surface area (Å²) in [6.07, 6.45) is 2.96. The third-order valence-corrected chi connectivity index (χ3v) is 6.53. The van der Waals surface area contributed by atoms with Crippen LogP contribution >= 0.6 is 23.4 Å². The number of hydrogen-bond donors (Lipinski definition) is 1. The van der Waals surface area contributed by atoms with E-state index in [1.165, 1.54) is 49.2 Å². The highest BCUT2D eigenvalue weighted by atomic mass is 35.5. The first kappa shape index (κ1) is 21.6. The highest BCUT2D eigenvalue weighted by molar-refractivity contribution is 8.00. The summed E-state index contributed by atoms with van der Waals surface area (Å²) in [5.41, 5.74) is 0.638. The largest absolute Gasteiger partial charge is 0.469 e. The predicted molar refractivity (Wildman–Crippen MR) is 109 cm³/mol. The molecule has 0 unspecified atom stereocenters. The van der Waals surface area contributed by atoms with Crippen LogP contribution in [0.4, 0.5) is 14.5 Å². The molecule has 0 aromatic heterocycles. The lowest BCUT2D eigenvalue weighted by Crippen LogP contribution is -2.24. The molecule has 0 aliphatic heterocycles. The topological polar surface area (TPSA) is 55.4 Å². The molecule has 1 N–H and O–H groups in total. The monoisotopic (exact) mass is 439 g/mol. The van der Waals surface area contributed by atoms with E-state index in [1.807, 2.05) is 0 Å². The van der Waals surface area contributed by atoms with E-state index in [9.17, 15) is 18.4 Å². The van der Waals surface area contributed by atoms with Gasteiger partial charge in [0.2, 0.25) is 0 Å². The molecule has 29 heavy (non-hydrogen) atoms. The Morgan fingerprint density at radius 2 is 1.76 bits per heavy atom. The van der Waals surface area contributed by atoms with Crippen LogP contribution in [-0.4, -0.2) is 24.2 Å². The van der Waals surface area contributed by atoms with Crippen LogP contribution in [0.15, 0.2) is 41.3 Å². The lowest BCUT2D eigenvalue weighted by molar-refractivity contribution is -0.146. The molecule has 0 saturated heterocycles. The Labute approximate surface area is 177 Å². The van der Waals surface area contributed by atoms with E-state index >= 15 is 0 Å². The molecule has 0 radical (unpaired) electrons. The maximum Gasteiger partial charge on any atom is 0.308 e. The number of carbonyl (C=O) groups is 2. The highest BCUT2D eigenvalue weighted by Crippen LogP contribution is 2.37. The van der Waals surface area contributed by atoms with Gasteiger partial charge in [-0.05, 0) is 62.1 Å². The van der Waals surface area contributed by atoms with Gasteiger partial charge < -0.3 is 10.1 Å². The molecule has 2 aromatic rings. The maximum atomic E-state index is 14.3. The van der Waals surface area contributed by atoms with Crippen molar-refractivity contribution in [2.24, 2.45) is 5.92 Å². The van der Waals surface area contributed by atoms with E-state index in [2.05, 4.69) is 5.32 Å². The molecule has 1 aliphatic carbocycles. The van der Waals surface area contributed by atoms with Crippen molar-refractivity contribution in [2.45, 2.75) is 35.8 Å². The van der Waals surface area contributed by atoms with Gasteiger partial charge in [-0.3, -0.25) is 9.59 Å². The maximum absolute atomic E-state index is 14.3. The molecule has 2 aromatic carbocycles. The number of halogens is 3. The molecule has 3 rings (SSSR count). The fraction of sp³-hybridized carbons (Fsp3) is 0.333. The molecule has 1 amide bonds. The van der Waals surface area contributed by atoms with Gasteiger partial charge in [0.15, 0.2) is 0 Å². The number of methoxy groups -OCH3 is 1. The third-order valence-electron chi connectivity index (χ3n) is 4.87. The molecule has 0 bridgehead atoms. The van der Waals surface area contributed by atoms with Crippen LogP contribution in [0.25, 0.3) is 0 Å². The van der Waals surface area contributed by atoms with Gasteiger partial charge in [0.1, 0.15) is 11.6 Å². The van der Waals surface area contributed by atoms with E-state index < -0.39 is 17.5 Å². The Bertz CT molecular complexity index is 917. The van der Waals surface area contributed by atoms with Crippen molar-refractivity contribution in [3.05, 3.63) is 58.6 Å². The molecule has 1 fully saturated rings. The van der Waals surface area contributed by atoms with Gasteiger partial charge in [0, 0.05) is 21.4 Å². The summed E-state index contributed by atoms with van der Waals surface area (Å²) in [4.78, 5) is 24.5. The van der Waals surface area contributed by atoms with E-state index in [4.69, 9.17) is 16.3 Å². The number of amides is 1. The molecule has 4 nitrogen and oxygen atoms in total. The second-order valence-electron chi connectivity index (χ2n) is 6.84. The van der Waals surface area contributed by atoms with Crippen molar-refractivity contribution in [3.8, 4) is 0 Å². The summed E-state index contributed by atoms with van der Waals surface area (Å²) in [6, 6.07) is 8.04. The van der Waals surface area contributed by atoms with Crippen LogP contribution in [0.5, 0.6) is 0 Å². The normalized spacial score (nSPS) is 18.9. The Kier molecular flexibility index (Phi) is 7.14. The third kappa shape index (κ3) is 5.48. The lowest BCUT2D eigenvalue weighted by atomic mass is 9.89. The zero-order valence-corrected chi connectivity index (χ0v) is 17.3. The number of ether oxygens (including phenoxy) is 1. The summed E-state index contributed by atoms with van der Waals surface area (Å²) in [6.45, 7) is 0. The molecule has 8 heteroatoms. The van der Waals surface area contributed by atoms with Gasteiger partial charge in [-0.25, -0.2) is 8.78 Å². The highest BCUT2D eigenvalue weighted by Gasteiger charge is 2.28. The average molecular weight is 440 g/mol. The van der Waals surface area contributed by atoms with Gasteiger partial charge >= 0.3 is 5.97 Å². The number of rotatable bonds is 5. The summed E-state index contributed by atoms with van der Waals surface area (Å²) in [5, 5.41) is 2.70. The van der Waals surface area contributed by atoms with Crippen molar-refractivity contribution in [3.63, 3.8) is 0 Å². The number of hydrogen-bond acceptors (Lipinski definition) is 4. The quantitative estimate of drug-likeness (QED) is 0.607. The second kappa shape index (κ2) is 9.59. The van der Waals surface area contributed by atoms with Crippen LogP contribution < -0.4 is 5.32 Å². The molecular formula is C21H20ClF2NO3S. The minimum absolute atomic E-state index is 0.0960. The Hall–Kier alpha value is -2.12. The molecule has 154 valence electrons. The lowest BCUT2D eigenvalue weighted by Gasteiger charge is -2.26. The van der Waals surface area contributed by atoms with Crippen LogP contribution in [0.2, 0.25) is 5.02 Å². The minimum Gasteiger partial charge on any atom is -0.469 e. The van der Waals surface area contributed by atoms with Crippen molar-refractivity contribution in [1.82, 2.24) is 0 Å². The number of carbonyl (C=O) groups excluding carboxylic acids is 2. The van der Waals surface area contributed by atoms with E-state index in [1.54, 1.807) is 0 Å². The van der Waals surface area contributed by atoms with Crippen molar-refractivity contribution >= 4 is 40.9 Å². The van der Waals surface area contributed by atoms with E-state index in [0.29, 0.717) is 23.4 Å². The Morgan fingerprint density at radius 1 is 1.07 bits per heavy atom. The van der Waals surface area contributed by atoms with E-state index in [0.717, 1.165) is 18.9 Å². The Balaban J connectivity index is 1.65. The summed E-state index contributed by atoms with van der Waals surface area (Å²) < 4.78 is 32.3. The molecule has 1 aliphatic rings. The van der Waals surface area contributed by atoms with Crippen molar-refractivity contribution in [2.75, 3.05) is 12.4 Å². The van der Waals surface area contributed by atoms with Gasteiger partial charge in [-0.15, -0.1) is 11.8 Å². The van der Waals surface area contributed by atoms with Gasteiger partial charge in [-0.2, -0.15) is 0 Å². The number of benzene rings is 2. The molecule has 0 spiro atoms. The average Bonchev–Trinajstić information content (AvgIpc) is 2.72. The van der Waals surface area contributed by atoms with Crippen LogP contribution in [0, 0.1) is 17.6 Å². The molecule has 1 saturated carbocycles. The molecule has 0 atom stereocenters. The predicted octanol–water partition coefficient (Wildman–Crippen LogP) is 5.69. The molecular weight excluding hydrogens is 420 g/mol. The van der Waals surface area contributed by atoms with E-state index in [-0.39, 0.29) is 27.7 Å². The van der Waals surface area contributed by atoms with Crippen molar-refractivity contribution in [1.29, 1.82) is 0 Å². The van der Waals surface area contributed by atoms with Crippen LogP contribution in [-0.2, 0) is 9.53 Å². The SMILES string of the molecule is COC(=O)C1CCC(Sc2cc(C(=O)Nc3ccc(F)c(Cl)c3)ccc2F)CC1. The Morgan fingerprint density at radius 3 is 2.41 bits per heavy atom. The fourth-order valence-corrected chi connectivity index (χ4v) is 4.70. The second-order valence-corrected chi connectivity index (χ2v) is 8.59. The number of nitrogens with one attached hydrogen (secondary N) is 1. The summed E-state index contributed by atoms with van der Waals surface area (Å²) >= 11 is 7.11. The number of anilines is 1. The first-order valence-electron chi connectivity index (χ1n) is 9.18. The smallest absolute Gasteiger partial charge is 0.308 e. The van der Waals surface area contributed by atoms with Gasteiger partial charge in [0.05, 0.1) is 18.1 Å². The number of thioether (sulfide) groups is 1. The first-order chi connectivity index (χ1) is 13.9. The van der Waals surface area contributed by atoms with Crippen LogP contribution in [0.1, 0.15) is 36.0 Å².